The second-order valence-electron chi connectivity index (χ2n) is 4.34. The fourth-order valence-electron chi connectivity index (χ4n) is 1.74. The fraction of sp³-hybridized carbons (Fsp3) is 0.538. The molecule has 90 valence electrons. The van der Waals surface area contributed by atoms with Gasteiger partial charge in [-0.3, -0.25) is 0 Å². The SMILES string of the molecule is COc1cccc(CN(C)CC(C)CO)c1. The highest BCUT2D eigenvalue weighted by Crippen LogP contribution is 2.14. The lowest BCUT2D eigenvalue weighted by atomic mass is 10.1. The number of rotatable bonds is 6. The number of hydrogen-bond acceptors (Lipinski definition) is 3. The first-order valence-corrected chi connectivity index (χ1v) is 5.58. The zero-order valence-electron chi connectivity index (χ0n) is 10.3. The highest BCUT2D eigenvalue weighted by Gasteiger charge is 2.06. The quantitative estimate of drug-likeness (QED) is 0.797. The van der Waals surface area contributed by atoms with Crippen molar-refractivity contribution in [3.05, 3.63) is 29.8 Å². The van der Waals surface area contributed by atoms with Gasteiger partial charge in [0.2, 0.25) is 0 Å². The minimum atomic E-state index is 0.239. The Morgan fingerprint density at radius 2 is 2.19 bits per heavy atom. The average molecular weight is 223 g/mol. The summed E-state index contributed by atoms with van der Waals surface area (Å²) in [6.07, 6.45) is 0. The first-order valence-electron chi connectivity index (χ1n) is 5.58. The first-order chi connectivity index (χ1) is 7.65. The van der Waals surface area contributed by atoms with Crippen molar-refractivity contribution in [2.75, 3.05) is 27.3 Å². The van der Waals surface area contributed by atoms with Gasteiger partial charge >= 0.3 is 0 Å². The van der Waals surface area contributed by atoms with Gasteiger partial charge in [-0.15, -0.1) is 0 Å². The third-order valence-electron chi connectivity index (χ3n) is 2.52. The summed E-state index contributed by atoms with van der Waals surface area (Å²) in [5.41, 5.74) is 1.23. The van der Waals surface area contributed by atoms with E-state index in [0.29, 0.717) is 5.92 Å². The van der Waals surface area contributed by atoms with E-state index in [1.54, 1.807) is 7.11 Å². The van der Waals surface area contributed by atoms with Gasteiger partial charge in [0.15, 0.2) is 0 Å². The summed E-state index contributed by atoms with van der Waals surface area (Å²) in [5.74, 6) is 1.21. The molecule has 0 bridgehead atoms. The fourth-order valence-corrected chi connectivity index (χ4v) is 1.74. The molecule has 1 unspecified atom stereocenters. The number of nitrogens with zero attached hydrogens (tertiary/aromatic N) is 1. The van der Waals surface area contributed by atoms with Crippen molar-refractivity contribution >= 4 is 0 Å². The maximum absolute atomic E-state index is 8.99. The van der Waals surface area contributed by atoms with Crippen LogP contribution in [0, 0.1) is 5.92 Å². The summed E-state index contributed by atoms with van der Waals surface area (Å²) in [7, 11) is 3.74. The average Bonchev–Trinajstić information content (AvgIpc) is 2.28. The van der Waals surface area contributed by atoms with Gasteiger partial charge in [0.25, 0.3) is 0 Å². The molecular weight excluding hydrogens is 202 g/mol. The van der Waals surface area contributed by atoms with Gasteiger partial charge in [-0.25, -0.2) is 0 Å². The van der Waals surface area contributed by atoms with E-state index >= 15 is 0 Å². The molecule has 0 radical (unpaired) electrons. The first kappa shape index (κ1) is 13.0. The summed E-state index contributed by atoms with van der Waals surface area (Å²) >= 11 is 0. The van der Waals surface area contributed by atoms with E-state index < -0.39 is 0 Å². The van der Waals surface area contributed by atoms with Crippen LogP contribution >= 0.6 is 0 Å². The number of methoxy groups -OCH3 is 1. The standard InChI is InChI=1S/C13H21NO2/c1-11(10-15)8-14(2)9-12-5-4-6-13(7-12)16-3/h4-7,11,15H,8-10H2,1-3H3. The molecule has 0 aliphatic carbocycles. The zero-order chi connectivity index (χ0) is 12.0. The van der Waals surface area contributed by atoms with Gasteiger partial charge < -0.3 is 14.7 Å². The monoisotopic (exact) mass is 223 g/mol. The zero-order valence-corrected chi connectivity index (χ0v) is 10.3. The van der Waals surface area contributed by atoms with E-state index in [1.165, 1.54) is 5.56 Å². The van der Waals surface area contributed by atoms with Gasteiger partial charge in [0.1, 0.15) is 5.75 Å². The third kappa shape index (κ3) is 4.21. The topological polar surface area (TPSA) is 32.7 Å². The largest absolute Gasteiger partial charge is 0.497 e. The van der Waals surface area contributed by atoms with Crippen LogP contribution in [0.1, 0.15) is 12.5 Å². The van der Waals surface area contributed by atoms with Crippen LogP contribution < -0.4 is 4.74 Å². The molecule has 1 rings (SSSR count). The number of aliphatic hydroxyl groups excluding tert-OH is 1. The van der Waals surface area contributed by atoms with E-state index in [2.05, 4.69) is 18.0 Å². The van der Waals surface area contributed by atoms with Gasteiger partial charge in [0.05, 0.1) is 7.11 Å². The van der Waals surface area contributed by atoms with Crippen LogP contribution in [0.15, 0.2) is 24.3 Å². The van der Waals surface area contributed by atoms with Crippen molar-refractivity contribution < 1.29 is 9.84 Å². The van der Waals surface area contributed by atoms with Crippen molar-refractivity contribution in [2.45, 2.75) is 13.5 Å². The highest BCUT2D eigenvalue weighted by atomic mass is 16.5. The van der Waals surface area contributed by atoms with Crippen molar-refractivity contribution in [1.82, 2.24) is 4.90 Å². The minimum absolute atomic E-state index is 0.239. The smallest absolute Gasteiger partial charge is 0.119 e. The summed E-state index contributed by atoms with van der Waals surface area (Å²) in [5, 5.41) is 8.99. The normalized spacial score (nSPS) is 12.8. The molecule has 1 N–H and O–H groups in total. The Balaban J connectivity index is 2.51. The van der Waals surface area contributed by atoms with Crippen molar-refractivity contribution in [3.8, 4) is 5.75 Å². The van der Waals surface area contributed by atoms with E-state index in [9.17, 15) is 0 Å². The molecular formula is C13H21NO2. The van der Waals surface area contributed by atoms with Crippen molar-refractivity contribution in [1.29, 1.82) is 0 Å². The Morgan fingerprint density at radius 3 is 2.81 bits per heavy atom. The predicted molar refractivity (Wildman–Crippen MR) is 65.6 cm³/mol. The van der Waals surface area contributed by atoms with E-state index in [1.807, 2.05) is 25.1 Å². The molecule has 0 saturated heterocycles. The number of aliphatic hydroxyl groups is 1. The van der Waals surface area contributed by atoms with Crippen LogP contribution in [-0.4, -0.2) is 37.3 Å². The Bertz CT molecular complexity index is 315. The minimum Gasteiger partial charge on any atom is -0.497 e. The van der Waals surface area contributed by atoms with Crippen LogP contribution in [0.2, 0.25) is 0 Å². The molecule has 0 heterocycles. The molecule has 0 amide bonds. The summed E-state index contributed by atoms with van der Waals surface area (Å²) in [6.45, 7) is 4.06. The molecule has 1 aromatic carbocycles. The molecule has 3 heteroatoms. The van der Waals surface area contributed by atoms with Crippen LogP contribution in [-0.2, 0) is 6.54 Å². The lowest BCUT2D eigenvalue weighted by Crippen LogP contribution is -2.25. The lowest BCUT2D eigenvalue weighted by Gasteiger charge is -2.20. The molecule has 3 nitrogen and oxygen atoms in total. The summed E-state index contributed by atoms with van der Waals surface area (Å²) in [6, 6.07) is 8.07. The van der Waals surface area contributed by atoms with Crippen molar-refractivity contribution in [3.63, 3.8) is 0 Å². The molecule has 0 spiro atoms. The molecule has 1 atom stereocenters. The van der Waals surface area contributed by atoms with Gasteiger partial charge in [-0.05, 0) is 30.7 Å². The number of hydrogen-bond donors (Lipinski definition) is 1. The highest BCUT2D eigenvalue weighted by molar-refractivity contribution is 5.28. The van der Waals surface area contributed by atoms with Gasteiger partial charge in [0, 0.05) is 19.7 Å². The Labute approximate surface area is 97.7 Å². The second kappa shape index (κ2) is 6.51. The Kier molecular flexibility index (Phi) is 5.29. The van der Waals surface area contributed by atoms with E-state index in [4.69, 9.17) is 9.84 Å². The molecule has 0 aliphatic rings. The van der Waals surface area contributed by atoms with Crippen LogP contribution in [0.4, 0.5) is 0 Å². The van der Waals surface area contributed by atoms with E-state index in [0.717, 1.165) is 18.8 Å². The Morgan fingerprint density at radius 1 is 1.44 bits per heavy atom. The Hall–Kier alpha value is -1.06. The molecule has 0 saturated carbocycles. The van der Waals surface area contributed by atoms with Crippen molar-refractivity contribution in [2.24, 2.45) is 5.92 Å². The maximum atomic E-state index is 8.99. The molecule has 0 aromatic heterocycles. The van der Waals surface area contributed by atoms with Gasteiger partial charge in [-0.2, -0.15) is 0 Å². The molecule has 1 aromatic rings. The molecule has 0 aliphatic heterocycles. The summed E-state index contributed by atoms with van der Waals surface area (Å²) < 4.78 is 5.18. The molecule has 16 heavy (non-hydrogen) atoms. The second-order valence-corrected chi connectivity index (χ2v) is 4.34. The van der Waals surface area contributed by atoms with E-state index in [-0.39, 0.29) is 6.61 Å². The number of benzene rings is 1. The van der Waals surface area contributed by atoms with Gasteiger partial charge in [-0.1, -0.05) is 19.1 Å². The number of ether oxygens (including phenoxy) is 1. The summed E-state index contributed by atoms with van der Waals surface area (Å²) in [4.78, 5) is 2.20. The third-order valence-corrected chi connectivity index (χ3v) is 2.52. The van der Waals surface area contributed by atoms with Crippen LogP contribution in [0.3, 0.4) is 0 Å². The lowest BCUT2D eigenvalue weighted by molar-refractivity contribution is 0.187. The maximum Gasteiger partial charge on any atom is 0.119 e. The molecule has 0 fully saturated rings. The predicted octanol–water partition coefficient (Wildman–Crippen LogP) is 1.76. The van der Waals surface area contributed by atoms with Crippen LogP contribution in [0.5, 0.6) is 5.75 Å². The van der Waals surface area contributed by atoms with Crippen LogP contribution in [0.25, 0.3) is 0 Å².